The number of carboxylic acid groups (broad SMARTS) is 1. The molecule has 0 aromatic carbocycles. The van der Waals surface area contributed by atoms with Gasteiger partial charge in [0.2, 0.25) is 23.2 Å². The van der Waals surface area contributed by atoms with Crippen molar-refractivity contribution in [3.8, 4) is 0 Å². The Balaban J connectivity index is 1.84. The SMILES string of the molecule is C[C@]1(C(=O)O)Nc2c3ncn([C@H]4CC(O)[C@@H](CO)O4)c3nc[n+]2[C@](C)(O)[C@@H]1O. The molecular weight excluding hydrogens is 374 g/mol. The highest BCUT2D eigenvalue weighted by Gasteiger charge is 2.59. The number of fused-ring (bicyclic) bond motifs is 3. The summed E-state index contributed by atoms with van der Waals surface area (Å²) in [5.41, 5.74) is -3.24. The molecule has 12 heteroatoms. The van der Waals surface area contributed by atoms with E-state index in [9.17, 15) is 30.3 Å². The molecular formula is C16H22N5O7+. The van der Waals surface area contributed by atoms with Crippen LogP contribution in [0.4, 0.5) is 5.82 Å². The lowest BCUT2D eigenvalue weighted by Crippen LogP contribution is -2.75. The Morgan fingerprint density at radius 3 is 2.75 bits per heavy atom. The first-order chi connectivity index (χ1) is 13.1. The number of aromatic nitrogens is 4. The van der Waals surface area contributed by atoms with Gasteiger partial charge >= 0.3 is 5.97 Å². The van der Waals surface area contributed by atoms with Crippen molar-refractivity contribution < 1.29 is 39.6 Å². The van der Waals surface area contributed by atoms with Gasteiger partial charge in [-0.2, -0.15) is 0 Å². The second-order valence-corrected chi connectivity index (χ2v) is 7.53. The number of aliphatic hydroxyl groups excluding tert-OH is 3. The third kappa shape index (κ3) is 2.42. The van der Waals surface area contributed by atoms with Crippen molar-refractivity contribution >= 4 is 23.0 Å². The average molecular weight is 396 g/mol. The van der Waals surface area contributed by atoms with E-state index in [-0.39, 0.29) is 24.4 Å². The molecule has 12 nitrogen and oxygen atoms in total. The summed E-state index contributed by atoms with van der Waals surface area (Å²) in [5.74, 6) is -1.18. The van der Waals surface area contributed by atoms with Crippen LogP contribution in [0.15, 0.2) is 12.7 Å². The third-order valence-electron chi connectivity index (χ3n) is 5.60. The van der Waals surface area contributed by atoms with Gasteiger partial charge in [0, 0.05) is 13.3 Å². The molecule has 0 saturated carbocycles. The van der Waals surface area contributed by atoms with Crippen molar-refractivity contribution in [2.24, 2.45) is 0 Å². The Labute approximate surface area is 158 Å². The van der Waals surface area contributed by atoms with Crippen LogP contribution in [0.3, 0.4) is 0 Å². The zero-order valence-corrected chi connectivity index (χ0v) is 15.2. The summed E-state index contributed by atoms with van der Waals surface area (Å²) in [5, 5.41) is 52.9. The fraction of sp³-hybridized carbons (Fsp3) is 0.625. The van der Waals surface area contributed by atoms with Gasteiger partial charge in [-0.1, -0.05) is 4.98 Å². The first-order valence-corrected chi connectivity index (χ1v) is 8.75. The van der Waals surface area contributed by atoms with Gasteiger partial charge in [-0.05, 0) is 6.92 Å². The molecule has 2 aromatic rings. The van der Waals surface area contributed by atoms with Crippen molar-refractivity contribution in [2.75, 3.05) is 11.9 Å². The molecule has 1 unspecified atom stereocenters. The normalized spacial score (nSPS) is 37.6. The summed E-state index contributed by atoms with van der Waals surface area (Å²) >= 11 is 0. The zero-order valence-electron chi connectivity index (χ0n) is 15.2. The highest BCUT2D eigenvalue weighted by atomic mass is 16.5. The fourth-order valence-electron chi connectivity index (χ4n) is 3.82. The van der Waals surface area contributed by atoms with Crippen LogP contribution in [0.5, 0.6) is 0 Å². The van der Waals surface area contributed by atoms with Gasteiger partial charge in [-0.15, -0.1) is 0 Å². The molecule has 0 radical (unpaired) electrons. The maximum absolute atomic E-state index is 11.8. The van der Waals surface area contributed by atoms with Crippen LogP contribution in [-0.4, -0.2) is 76.5 Å². The molecule has 28 heavy (non-hydrogen) atoms. The lowest BCUT2D eigenvalue weighted by molar-refractivity contribution is -0.807. The maximum atomic E-state index is 11.8. The fourth-order valence-corrected chi connectivity index (χ4v) is 3.82. The molecule has 2 aliphatic rings. The van der Waals surface area contributed by atoms with Gasteiger partial charge < -0.3 is 30.3 Å². The minimum atomic E-state index is -1.96. The summed E-state index contributed by atoms with van der Waals surface area (Å²) in [6.45, 7) is 2.22. The average Bonchev–Trinajstić information content (AvgIpc) is 3.23. The molecule has 0 spiro atoms. The van der Waals surface area contributed by atoms with Gasteiger partial charge in [0.1, 0.15) is 18.7 Å². The molecule has 152 valence electrons. The van der Waals surface area contributed by atoms with Gasteiger partial charge in [0.25, 0.3) is 5.82 Å². The smallest absolute Gasteiger partial charge is 0.346 e. The largest absolute Gasteiger partial charge is 0.478 e. The number of hydrogen-bond acceptors (Lipinski definition) is 9. The summed E-state index contributed by atoms with van der Waals surface area (Å²) in [4.78, 5) is 20.3. The predicted molar refractivity (Wildman–Crippen MR) is 90.9 cm³/mol. The number of ether oxygens (including phenoxy) is 1. The first-order valence-electron chi connectivity index (χ1n) is 8.75. The number of anilines is 1. The predicted octanol–water partition coefficient (Wildman–Crippen LogP) is -2.35. The van der Waals surface area contributed by atoms with Crippen LogP contribution >= 0.6 is 0 Å². The standard InChI is InChI=1S/C16H21N5O7/c1-15(14(25)26)13(24)16(2,27)21-6-18-11-10(12(21)19-15)17-5-20(11)9-3-7(23)8(4-22)28-9/h5-9,13,22-24,27H,3-4H2,1-2H3,(H,25,26)/p+1/t7?,8-,9-,13-,15+,16-/m1/s1. The molecule has 6 N–H and O–H groups in total. The number of nitrogens with one attached hydrogen (secondary N) is 1. The van der Waals surface area contributed by atoms with Crippen LogP contribution in [0, 0.1) is 0 Å². The van der Waals surface area contributed by atoms with E-state index in [2.05, 4.69) is 15.3 Å². The van der Waals surface area contributed by atoms with E-state index in [0.29, 0.717) is 5.65 Å². The van der Waals surface area contributed by atoms with E-state index in [0.717, 1.165) is 0 Å². The summed E-state index contributed by atoms with van der Waals surface area (Å²) in [6, 6.07) is 0. The Morgan fingerprint density at radius 2 is 2.14 bits per heavy atom. The molecule has 4 heterocycles. The lowest BCUT2D eigenvalue weighted by Gasteiger charge is -2.41. The minimum Gasteiger partial charge on any atom is -0.478 e. The van der Waals surface area contributed by atoms with E-state index >= 15 is 0 Å². The van der Waals surface area contributed by atoms with Crippen molar-refractivity contribution in [2.45, 2.75) is 56.1 Å². The van der Waals surface area contributed by atoms with Crippen LogP contribution in [-0.2, 0) is 15.3 Å². The van der Waals surface area contributed by atoms with E-state index in [4.69, 9.17) is 4.74 Å². The second kappa shape index (κ2) is 6.06. The van der Waals surface area contributed by atoms with Crippen molar-refractivity contribution in [3.63, 3.8) is 0 Å². The number of hydrogen-bond donors (Lipinski definition) is 6. The van der Waals surface area contributed by atoms with Crippen LogP contribution in [0.2, 0.25) is 0 Å². The minimum absolute atomic E-state index is 0.168. The molecule has 4 rings (SSSR count). The molecule has 2 aromatic heterocycles. The van der Waals surface area contributed by atoms with E-state index in [1.165, 1.54) is 31.1 Å². The summed E-state index contributed by atoms with van der Waals surface area (Å²) < 4.78 is 8.42. The second-order valence-electron chi connectivity index (χ2n) is 7.53. The molecule has 1 saturated heterocycles. The highest BCUT2D eigenvalue weighted by molar-refractivity contribution is 5.88. The van der Waals surface area contributed by atoms with Gasteiger partial charge in [0.15, 0.2) is 11.6 Å². The lowest BCUT2D eigenvalue weighted by atomic mass is 9.85. The topological polar surface area (TPSA) is 174 Å². The van der Waals surface area contributed by atoms with Crippen molar-refractivity contribution in [1.29, 1.82) is 0 Å². The van der Waals surface area contributed by atoms with E-state index in [1.54, 1.807) is 4.57 Å². The van der Waals surface area contributed by atoms with Gasteiger partial charge in [-0.3, -0.25) is 9.88 Å². The van der Waals surface area contributed by atoms with E-state index in [1.807, 2.05) is 0 Å². The van der Waals surface area contributed by atoms with Crippen LogP contribution < -0.4 is 9.88 Å². The Morgan fingerprint density at radius 1 is 1.43 bits per heavy atom. The summed E-state index contributed by atoms with van der Waals surface area (Å²) in [7, 11) is 0. The quantitative estimate of drug-likeness (QED) is 0.308. The number of rotatable bonds is 3. The highest BCUT2D eigenvalue weighted by Crippen LogP contribution is 2.35. The number of imidazole rings is 1. The first kappa shape index (κ1) is 19.0. The Bertz CT molecular complexity index is 947. The van der Waals surface area contributed by atoms with Crippen LogP contribution in [0.1, 0.15) is 26.5 Å². The van der Waals surface area contributed by atoms with Crippen molar-refractivity contribution in [3.05, 3.63) is 12.7 Å². The number of aliphatic hydroxyl groups is 4. The maximum Gasteiger partial charge on any atom is 0.346 e. The monoisotopic (exact) mass is 396 g/mol. The Hall–Kier alpha value is -2.38. The molecule has 6 atom stereocenters. The summed E-state index contributed by atoms with van der Waals surface area (Å²) in [6.07, 6.45) is -0.942. The number of aliphatic carboxylic acids is 1. The van der Waals surface area contributed by atoms with E-state index < -0.39 is 41.8 Å². The molecule has 0 aliphatic carbocycles. The van der Waals surface area contributed by atoms with Crippen LogP contribution in [0.25, 0.3) is 11.2 Å². The zero-order chi connectivity index (χ0) is 20.4. The molecule has 0 amide bonds. The molecule has 2 aliphatic heterocycles. The molecule has 1 fully saturated rings. The number of carbonyl (C=O) groups is 1. The third-order valence-corrected chi connectivity index (χ3v) is 5.60. The van der Waals surface area contributed by atoms with Gasteiger partial charge in [-0.25, -0.2) is 14.3 Å². The van der Waals surface area contributed by atoms with Crippen molar-refractivity contribution in [1.82, 2.24) is 14.5 Å². The van der Waals surface area contributed by atoms with Gasteiger partial charge in [0.05, 0.1) is 12.7 Å². The number of nitrogens with zero attached hydrogens (tertiary/aromatic N) is 4. The molecule has 0 bridgehead atoms. The Kier molecular flexibility index (Phi) is 4.10. The number of carboxylic acids is 1.